The van der Waals surface area contributed by atoms with E-state index in [-0.39, 0.29) is 5.82 Å². The standard InChI is InChI=1S/C29H30FN2Si/c1-6-33(7-2,8-3)21-15-19-13-14-31(5)29-26-18(4)9-11-22-23-16-20(30)10-12-24(23)32(28(22)26)25(17-21)27(19)29/h9-17H,6-8H2,1-5H3/q+1. The lowest BCUT2D eigenvalue weighted by molar-refractivity contribution is -0.643. The summed E-state index contributed by atoms with van der Waals surface area (Å²) < 4.78 is 19.1. The first-order valence-electron chi connectivity index (χ1n) is 12.1. The minimum absolute atomic E-state index is 0.181. The van der Waals surface area contributed by atoms with E-state index < -0.39 is 8.07 Å². The molecule has 0 bridgehead atoms. The zero-order chi connectivity index (χ0) is 23.1. The maximum Gasteiger partial charge on any atom is 0.224 e. The van der Waals surface area contributed by atoms with Crippen molar-refractivity contribution in [2.24, 2.45) is 7.05 Å². The quantitative estimate of drug-likeness (QED) is 0.118. The third kappa shape index (κ3) is 2.56. The molecule has 33 heavy (non-hydrogen) atoms. The van der Waals surface area contributed by atoms with Gasteiger partial charge in [0, 0.05) is 16.8 Å². The summed E-state index contributed by atoms with van der Waals surface area (Å²) in [5.41, 5.74) is 6.07. The van der Waals surface area contributed by atoms with Crippen molar-refractivity contribution < 1.29 is 8.96 Å². The van der Waals surface area contributed by atoms with Crippen LogP contribution in [0.25, 0.3) is 49.0 Å². The number of aryl methyl sites for hydroxylation is 2. The summed E-state index contributed by atoms with van der Waals surface area (Å²) in [6.07, 6.45) is 2.20. The third-order valence-corrected chi connectivity index (χ3v) is 14.0. The van der Waals surface area contributed by atoms with E-state index in [9.17, 15) is 4.39 Å². The van der Waals surface area contributed by atoms with Gasteiger partial charge >= 0.3 is 0 Å². The van der Waals surface area contributed by atoms with Gasteiger partial charge in [0.15, 0.2) is 6.20 Å². The predicted octanol–water partition coefficient (Wildman–Crippen LogP) is 6.98. The van der Waals surface area contributed by atoms with Gasteiger partial charge in [-0.3, -0.25) is 0 Å². The molecule has 166 valence electrons. The summed E-state index contributed by atoms with van der Waals surface area (Å²) in [7, 11) is 0.558. The second kappa shape index (κ2) is 7.01. The van der Waals surface area contributed by atoms with Gasteiger partial charge in [0.2, 0.25) is 5.52 Å². The molecule has 0 N–H and O–H groups in total. The molecule has 3 heterocycles. The molecule has 0 radical (unpaired) electrons. The SMILES string of the molecule is CC[Si](CC)(CC)c1cc2cc[n+](C)c3c4c(C)ccc5c6cc(F)ccc6n(c(c1)c23)c54. The summed E-state index contributed by atoms with van der Waals surface area (Å²) in [6.45, 7) is 9.31. The molecule has 0 spiro atoms. The van der Waals surface area contributed by atoms with E-state index in [0.717, 1.165) is 16.3 Å². The van der Waals surface area contributed by atoms with Crippen molar-refractivity contribution in [3.05, 3.63) is 66.1 Å². The van der Waals surface area contributed by atoms with Crippen LogP contribution in [0.1, 0.15) is 26.3 Å². The molecule has 0 aliphatic carbocycles. The van der Waals surface area contributed by atoms with Crippen molar-refractivity contribution in [3.63, 3.8) is 0 Å². The lowest BCUT2D eigenvalue weighted by Gasteiger charge is -2.29. The summed E-state index contributed by atoms with van der Waals surface area (Å²) in [5, 5.41) is 7.55. The third-order valence-electron chi connectivity index (χ3n) is 8.44. The molecule has 6 aromatic rings. The number of hydrogen-bond acceptors (Lipinski definition) is 0. The van der Waals surface area contributed by atoms with Crippen LogP contribution in [0.15, 0.2) is 54.7 Å². The van der Waals surface area contributed by atoms with Gasteiger partial charge in [0.25, 0.3) is 0 Å². The molecule has 0 saturated carbocycles. The zero-order valence-electron chi connectivity index (χ0n) is 20.1. The van der Waals surface area contributed by atoms with Crippen molar-refractivity contribution in [1.82, 2.24) is 4.40 Å². The average Bonchev–Trinajstić information content (AvgIpc) is 3.15. The molecule has 2 nitrogen and oxygen atoms in total. The lowest BCUT2D eigenvalue weighted by atomic mass is 10.00. The van der Waals surface area contributed by atoms with Crippen LogP contribution in [0.5, 0.6) is 0 Å². The summed E-state index contributed by atoms with van der Waals surface area (Å²) in [4.78, 5) is 0. The number of fused-ring (bicyclic) bond motifs is 5. The Kier molecular flexibility index (Phi) is 4.38. The predicted molar refractivity (Wildman–Crippen MR) is 141 cm³/mol. The van der Waals surface area contributed by atoms with Crippen LogP contribution < -0.4 is 9.75 Å². The van der Waals surface area contributed by atoms with Crippen molar-refractivity contribution in [2.45, 2.75) is 45.8 Å². The fraction of sp³-hybridized carbons (Fsp3) is 0.276. The van der Waals surface area contributed by atoms with E-state index in [1.807, 2.05) is 6.07 Å². The maximum absolute atomic E-state index is 14.4. The van der Waals surface area contributed by atoms with Crippen LogP contribution in [0.3, 0.4) is 0 Å². The molecule has 0 aliphatic heterocycles. The minimum Gasteiger partial charge on any atom is -0.307 e. The maximum atomic E-state index is 14.4. The van der Waals surface area contributed by atoms with Crippen molar-refractivity contribution in [2.75, 3.05) is 0 Å². The van der Waals surface area contributed by atoms with Crippen molar-refractivity contribution >= 4 is 62.3 Å². The Morgan fingerprint density at radius 1 is 0.848 bits per heavy atom. The number of benzene rings is 3. The highest BCUT2D eigenvalue weighted by Crippen LogP contribution is 2.40. The highest BCUT2D eigenvalue weighted by molar-refractivity contribution is 6.92. The molecule has 0 fully saturated rings. The largest absolute Gasteiger partial charge is 0.307 e. The van der Waals surface area contributed by atoms with E-state index in [2.05, 4.69) is 80.2 Å². The summed E-state index contributed by atoms with van der Waals surface area (Å²) in [5.74, 6) is -0.181. The number of pyridine rings is 2. The number of nitrogens with zero attached hydrogens (tertiary/aromatic N) is 2. The van der Waals surface area contributed by atoms with E-state index in [1.54, 1.807) is 17.3 Å². The number of aromatic nitrogens is 2. The van der Waals surface area contributed by atoms with Gasteiger partial charge in [0.05, 0.1) is 35.4 Å². The van der Waals surface area contributed by atoms with Gasteiger partial charge < -0.3 is 4.40 Å². The Labute approximate surface area is 194 Å². The molecular formula is C29H30FN2Si+. The average molecular weight is 454 g/mol. The molecule has 0 unspecified atom stereocenters. The molecule has 0 saturated heterocycles. The number of halogens is 1. The lowest BCUT2D eigenvalue weighted by Crippen LogP contribution is -2.45. The van der Waals surface area contributed by atoms with Crippen LogP contribution >= 0.6 is 0 Å². The first-order valence-corrected chi connectivity index (χ1v) is 14.8. The van der Waals surface area contributed by atoms with Crippen LogP contribution in [0, 0.1) is 12.7 Å². The molecule has 0 amide bonds. The second-order valence-electron chi connectivity index (χ2n) is 9.73. The molecule has 0 aliphatic rings. The highest BCUT2D eigenvalue weighted by Gasteiger charge is 2.31. The molecule has 6 rings (SSSR count). The van der Waals surface area contributed by atoms with Gasteiger partial charge in [-0.25, -0.2) is 8.96 Å². The van der Waals surface area contributed by atoms with E-state index in [4.69, 9.17) is 0 Å². The van der Waals surface area contributed by atoms with Gasteiger partial charge in [-0.15, -0.1) is 0 Å². The fourth-order valence-corrected chi connectivity index (χ4v) is 9.99. The normalized spacial score (nSPS) is 12.9. The minimum atomic E-state index is -1.59. The van der Waals surface area contributed by atoms with Crippen LogP contribution in [-0.4, -0.2) is 12.5 Å². The first kappa shape index (κ1) is 20.6. The number of hydrogen-bond donors (Lipinski definition) is 0. The Bertz CT molecular complexity index is 1700. The topological polar surface area (TPSA) is 8.29 Å². The second-order valence-corrected chi connectivity index (χ2v) is 15.0. The molecule has 3 aromatic carbocycles. The molecule has 4 heteroatoms. The van der Waals surface area contributed by atoms with Gasteiger partial charge in [-0.2, -0.15) is 0 Å². The van der Waals surface area contributed by atoms with Gasteiger partial charge in [0.1, 0.15) is 12.9 Å². The smallest absolute Gasteiger partial charge is 0.224 e. The van der Waals surface area contributed by atoms with Crippen molar-refractivity contribution in [1.29, 1.82) is 0 Å². The van der Waals surface area contributed by atoms with E-state index in [0.29, 0.717) is 0 Å². The van der Waals surface area contributed by atoms with Crippen molar-refractivity contribution in [3.8, 4) is 0 Å². The molecule has 0 atom stereocenters. The Morgan fingerprint density at radius 2 is 1.61 bits per heavy atom. The van der Waals surface area contributed by atoms with Crippen LogP contribution in [0.2, 0.25) is 18.1 Å². The van der Waals surface area contributed by atoms with E-state index in [1.165, 1.54) is 56.4 Å². The Hall–Kier alpha value is -2.98. The van der Waals surface area contributed by atoms with Gasteiger partial charge in [-0.05, 0) is 42.1 Å². The zero-order valence-corrected chi connectivity index (χ0v) is 21.1. The van der Waals surface area contributed by atoms with Gasteiger partial charge in [-0.1, -0.05) is 62.3 Å². The summed E-state index contributed by atoms with van der Waals surface area (Å²) in [6, 6.07) is 20.6. The molecule has 3 aromatic heterocycles. The van der Waals surface area contributed by atoms with Crippen LogP contribution in [0.4, 0.5) is 4.39 Å². The Morgan fingerprint density at radius 3 is 2.33 bits per heavy atom. The first-order chi connectivity index (χ1) is 15.9. The number of rotatable bonds is 4. The monoisotopic (exact) mass is 453 g/mol. The van der Waals surface area contributed by atoms with E-state index >= 15 is 0 Å². The summed E-state index contributed by atoms with van der Waals surface area (Å²) >= 11 is 0. The molecular weight excluding hydrogens is 423 g/mol. The Balaban J connectivity index is 1.98. The fourth-order valence-electron chi connectivity index (χ4n) is 6.36. The van der Waals surface area contributed by atoms with Crippen LogP contribution in [-0.2, 0) is 7.05 Å². The highest BCUT2D eigenvalue weighted by atomic mass is 28.3.